The van der Waals surface area contributed by atoms with Crippen LogP contribution in [0.4, 0.5) is 0 Å². The number of piperazine rings is 1. The Bertz CT molecular complexity index is 543. The normalized spacial score (nSPS) is 29.1. The first-order chi connectivity index (χ1) is 9.57. The number of fused-ring (bicyclic) bond motifs is 1. The van der Waals surface area contributed by atoms with Crippen LogP contribution in [0, 0.1) is 11.3 Å². The molecule has 1 N–H and O–H groups in total. The van der Waals surface area contributed by atoms with Crippen molar-refractivity contribution in [2.75, 3.05) is 26.2 Å². The molecule has 0 amide bonds. The zero-order valence-electron chi connectivity index (χ0n) is 12.1. The van der Waals surface area contributed by atoms with Gasteiger partial charge in [-0.15, -0.1) is 0 Å². The summed E-state index contributed by atoms with van der Waals surface area (Å²) in [6.07, 6.45) is 0.702. The van der Waals surface area contributed by atoms with E-state index in [1.165, 1.54) is 0 Å². The number of hydrogen-bond donors (Lipinski definition) is 1. The predicted octanol–water partition coefficient (Wildman–Crippen LogP) is 1.87. The van der Waals surface area contributed by atoms with Gasteiger partial charge in [-0.25, -0.2) is 0 Å². The summed E-state index contributed by atoms with van der Waals surface area (Å²) in [5, 5.41) is 13.4. The van der Waals surface area contributed by atoms with E-state index in [2.05, 4.69) is 30.1 Å². The highest BCUT2D eigenvalue weighted by molar-refractivity contribution is 5.46. The number of nitrogens with zero attached hydrogens (tertiary/aromatic N) is 2. The number of nitriles is 1. The molecule has 1 aromatic rings. The molecule has 2 aliphatic rings. The van der Waals surface area contributed by atoms with Crippen molar-refractivity contribution in [3.05, 3.63) is 29.8 Å². The Balaban J connectivity index is 2.11. The van der Waals surface area contributed by atoms with Gasteiger partial charge in [-0.1, -0.05) is 18.2 Å². The second-order valence-electron chi connectivity index (χ2n) is 6.24. The van der Waals surface area contributed by atoms with E-state index < -0.39 is 5.54 Å². The van der Waals surface area contributed by atoms with E-state index in [1.807, 2.05) is 24.3 Å². The van der Waals surface area contributed by atoms with Crippen molar-refractivity contribution in [1.82, 2.24) is 10.2 Å². The summed E-state index contributed by atoms with van der Waals surface area (Å²) >= 11 is 0. The Kier molecular flexibility index (Phi) is 3.19. The molecule has 3 rings (SSSR count). The van der Waals surface area contributed by atoms with Crippen molar-refractivity contribution in [2.24, 2.45) is 0 Å². The van der Waals surface area contributed by atoms with E-state index >= 15 is 0 Å². The van der Waals surface area contributed by atoms with Gasteiger partial charge < -0.3 is 10.1 Å². The van der Waals surface area contributed by atoms with Crippen LogP contribution in [0.3, 0.4) is 0 Å². The molecular formula is C16H21N3O. The molecule has 1 aromatic carbocycles. The number of para-hydroxylation sites is 1. The maximum absolute atomic E-state index is 10.0. The lowest BCUT2D eigenvalue weighted by Gasteiger charge is -2.48. The van der Waals surface area contributed by atoms with Gasteiger partial charge in [-0.3, -0.25) is 4.90 Å². The van der Waals surface area contributed by atoms with Gasteiger partial charge in [-0.2, -0.15) is 5.26 Å². The molecule has 1 saturated heterocycles. The first-order valence-electron chi connectivity index (χ1n) is 7.23. The zero-order valence-corrected chi connectivity index (χ0v) is 12.1. The van der Waals surface area contributed by atoms with Crippen molar-refractivity contribution in [3.63, 3.8) is 0 Å². The topological polar surface area (TPSA) is 48.3 Å². The molecule has 2 aliphatic heterocycles. The average Bonchev–Trinajstić information content (AvgIpc) is 2.46. The number of nitrogens with one attached hydrogen (secondary N) is 1. The molecule has 0 saturated carbocycles. The van der Waals surface area contributed by atoms with Crippen LogP contribution in [-0.4, -0.2) is 36.7 Å². The Morgan fingerprint density at radius 3 is 2.65 bits per heavy atom. The van der Waals surface area contributed by atoms with Crippen LogP contribution in [0.15, 0.2) is 24.3 Å². The predicted molar refractivity (Wildman–Crippen MR) is 77.5 cm³/mol. The highest BCUT2D eigenvalue weighted by Crippen LogP contribution is 2.46. The van der Waals surface area contributed by atoms with Crippen LogP contribution in [-0.2, 0) is 5.54 Å². The lowest BCUT2D eigenvalue weighted by Crippen LogP contribution is -2.58. The highest BCUT2D eigenvalue weighted by atomic mass is 16.5. The highest BCUT2D eigenvalue weighted by Gasteiger charge is 2.49. The van der Waals surface area contributed by atoms with Crippen LogP contribution >= 0.6 is 0 Å². The van der Waals surface area contributed by atoms with E-state index in [4.69, 9.17) is 4.74 Å². The smallest absolute Gasteiger partial charge is 0.142 e. The van der Waals surface area contributed by atoms with Crippen LogP contribution in [0.5, 0.6) is 5.75 Å². The van der Waals surface area contributed by atoms with E-state index in [9.17, 15) is 5.26 Å². The molecule has 106 valence electrons. The minimum absolute atomic E-state index is 0.324. The fourth-order valence-corrected chi connectivity index (χ4v) is 3.44. The van der Waals surface area contributed by atoms with Gasteiger partial charge in [0.15, 0.2) is 0 Å². The van der Waals surface area contributed by atoms with E-state index in [-0.39, 0.29) is 5.60 Å². The number of rotatable bonds is 1. The third-order valence-electron chi connectivity index (χ3n) is 4.24. The molecule has 0 aliphatic carbocycles. The van der Waals surface area contributed by atoms with Crippen molar-refractivity contribution in [1.29, 1.82) is 5.26 Å². The number of ether oxygens (including phenoxy) is 1. The van der Waals surface area contributed by atoms with Crippen molar-refractivity contribution in [3.8, 4) is 11.8 Å². The number of hydrogen-bond acceptors (Lipinski definition) is 4. The van der Waals surface area contributed by atoms with Crippen LogP contribution in [0.25, 0.3) is 0 Å². The lowest BCUT2D eigenvalue weighted by atomic mass is 9.77. The quantitative estimate of drug-likeness (QED) is 0.847. The van der Waals surface area contributed by atoms with Gasteiger partial charge in [0.2, 0.25) is 0 Å². The van der Waals surface area contributed by atoms with Crippen molar-refractivity contribution < 1.29 is 4.74 Å². The molecular weight excluding hydrogens is 250 g/mol. The van der Waals surface area contributed by atoms with Gasteiger partial charge in [0.05, 0.1) is 6.07 Å². The lowest BCUT2D eigenvalue weighted by molar-refractivity contribution is -0.00596. The van der Waals surface area contributed by atoms with Crippen molar-refractivity contribution >= 4 is 0 Å². The van der Waals surface area contributed by atoms with E-state index in [1.54, 1.807) is 0 Å². The molecule has 4 heteroatoms. The first kappa shape index (κ1) is 13.4. The summed E-state index contributed by atoms with van der Waals surface area (Å²) in [7, 11) is 0. The van der Waals surface area contributed by atoms with Crippen molar-refractivity contribution in [2.45, 2.75) is 31.4 Å². The third kappa shape index (κ3) is 2.07. The van der Waals surface area contributed by atoms with Crippen LogP contribution in [0.2, 0.25) is 0 Å². The van der Waals surface area contributed by atoms with Gasteiger partial charge in [0, 0.05) is 38.2 Å². The fourth-order valence-electron chi connectivity index (χ4n) is 3.44. The molecule has 20 heavy (non-hydrogen) atoms. The minimum Gasteiger partial charge on any atom is -0.487 e. The average molecular weight is 271 g/mol. The summed E-state index contributed by atoms with van der Waals surface area (Å²) in [4.78, 5) is 2.31. The van der Waals surface area contributed by atoms with E-state index in [0.29, 0.717) is 6.42 Å². The summed E-state index contributed by atoms with van der Waals surface area (Å²) in [5.74, 6) is 0.851. The molecule has 0 aromatic heterocycles. The maximum atomic E-state index is 10.0. The standard InChI is InChI=1S/C16H21N3O/c1-15(2)11-16(12-17,19-9-7-18-8-10-19)13-5-3-4-6-14(13)20-15/h3-6,18H,7-11H2,1-2H3. The van der Waals surface area contributed by atoms with E-state index in [0.717, 1.165) is 37.5 Å². The van der Waals surface area contributed by atoms with Gasteiger partial charge in [0.1, 0.15) is 16.9 Å². The molecule has 2 heterocycles. The monoisotopic (exact) mass is 271 g/mol. The van der Waals surface area contributed by atoms with Gasteiger partial charge >= 0.3 is 0 Å². The molecule has 0 spiro atoms. The van der Waals surface area contributed by atoms with Gasteiger partial charge in [-0.05, 0) is 19.9 Å². The number of benzene rings is 1. The largest absolute Gasteiger partial charge is 0.487 e. The van der Waals surface area contributed by atoms with Gasteiger partial charge in [0.25, 0.3) is 0 Å². The Labute approximate surface area is 120 Å². The third-order valence-corrected chi connectivity index (χ3v) is 4.24. The molecule has 1 unspecified atom stereocenters. The SMILES string of the molecule is CC1(C)CC(C#N)(N2CCNCC2)c2ccccc2O1. The molecule has 4 nitrogen and oxygen atoms in total. The molecule has 1 atom stereocenters. The molecule has 0 bridgehead atoms. The second-order valence-corrected chi connectivity index (χ2v) is 6.24. The Morgan fingerprint density at radius 2 is 1.95 bits per heavy atom. The maximum Gasteiger partial charge on any atom is 0.142 e. The molecule has 1 fully saturated rings. The minimum atomic E-state index is -0.569. The fraction of sp³-hybridized carbons (Fsp3) is 0.562. The summed E-state index contributed by atoms with van der Waals surface area (Å²) < 4.78 is 6.07. The molecule has 0 radical (unpaired) electrons. The summed E-state index contributed by atoms with van der Waals surface area (Å²) in [6.45, 7) is 7.81. The van der Waals surface area contributed by atoms with Crippen LogP contribution in [0.1, 0.15) is 25.8 Å². The Morgan fingerprint density at radius 1 is 1.25 bits per heavy atom. The zero-order chi connectivity index (χ0) is 14.2. The Hall–Kier alpha value is -1.57. The summed E-state index contributed by atoms with van der Waals surface area (Å²) in [6, 6.07) is 10.6. The first-order valence-corrected chi connectivity index (χ1v) is 7.23. The summed E-state index contributed by atoms with van der Waals surface area (Å²) in [5.41, 5.74) is 0.124. The second kappa shape index (κ2) is 4.76. The van der Waals surface area contributed by atoms with Crippen LogP contribution < -0.4 is 10.1 Å².